The van der Waals surface area contributed by atoms with Gasteiger partial charge in [-0.25, -0.2) is 4.39 Å². The quantitative estimate of drug-likeness (QED) is 0.880. The van der Waals surface area contributed by atoms with E-state index in [9.17, 15) is 14.6 Å². The normalized spacial score (nSPS) is 37.5. The zero-order chi connectivity index (χ0) is 16.9. The summed E-state index contributed by atoms with van der Waals surface area (Å²) < 4.78 is 17.8. The minimum absolute atomic E-state index is 0.0205. The van der Waals surface area contributed by atoms with Crippen LogP contribution in [0, 0.1) is 17.3 Å². The fourth-order valence-corrected chi connectivity index (χ4v) is 5.82. The molecule has 2 saturated carbocycles. The highest BCUT2D eigenvalue weighted by Crippen LogP contribution is 2.61. The van der Waals surface area contributed by atoms with Crippen LogP contribution in [0.5, 0.6) is 11.5 Å². The summed E-state index contributed by atoms with van der Waals surface area (Å²) in [5, 5.41) is 20.6. The summed E-state index contributed by atoms with van der Waals surface area (Å²) in [7, 11) is 0. The molecule has 3 aliphatic rings. The molecule has 0 saturated heterocycles. The Hall–Kier alpha value is -1.29. The molecule has 0 aliphatic heterocycles. The number of halogens is 1. The van der Waals surface area contributed by atoms with E-state index in [1.165, 1.54) is 11.1 Å². The minimum Gasteiger partial charge on any atom is -0.504 e. The van der Waals surface area contributed by atoms with E-state index in [1.807, 2.05) is 12.1 Å². The summed E-state index contributed by atoms with van der Waals surface area (Å²) in [4.78, 5) is 0. The van der Waals surface area contributed by atoms with Gasteiger partial charge in [-0.1, -0.05) is 6.92 Å². The van der Waals surface area contributed by atoms with Crippen LogP contribution in [0.25, 0.3) is 0 Å². The summed E-state index contributed by atoms with van der Waals surface area (Å²) in [5.41, 5.74) is 2.56. The number of hydrogen-bond donors (Lipinski definition) is 2. The number of aryl methyl sites for hydroxylation is 1. The standard InChI is InChI=1S/C20H27FO3/c1-20-7-6-13-14(16(20)4-5-19(20)23)3-2-12-10-17(22)18(11-15(12)13)24-9-8-21/h10-11,13-14,16,19,22-23H,2-9H2,1H3/t13?,14?,16?,19-,20-/m0/s1/i21-1. The van der Waals surface area contributed by atoms with Crippen molar-refractivity contribution in [3.63, 3.8) is 0 Å². The monoisotopic (exact) mass is 333 g/mol. The maximum absolute atomic E-state index is 12.4. The van der Waals surface area contributed by atoms with Crippen LogP contribution in [-0.2, 0) is 6.42 Å². The first-order valence-electron chi connectivity index (χ1n) is 9.27. The highest BCUT2D eigenvalue weighted by molar-refractivity contribution is 5.49. The highest BCUT2D eigenvalue weighted by atomic mass is 18.2. The van der Waals surface area contributed by atoms with E-state index in [0.717, 1.165) is 38.5 Å². The zero-order valence-corrected chi connectivity index (χ0v) is 14.3. The Morgan fingerprint density at radius 2 is 2.08 bits per heavy atom. The van der Waals surface area contributed by atoms with Crippen molar-refractivity contribution in [2.75, 3.05) is 13.3 Å². The van der Waals surface area contributed by atoms with Crippen molar-refractivity contribution in [2.24, 2.45) is 17.3 Å². The number of aliphatic hydroxyl groups excluding tert-OH is 1. The van der Waals surface area contributed by atoms with Crippen LogP contribution >= 0.6 is 0 Å². The average Bonchev–Trinajstić information content (AvgIpc) is 2.88. The van der Waals surface area contributed by atoms with Crippen LogP contribution in [-0.4, -0.2) is 29.6 Å². The maximum Gasteiger partial charge on any atom is 0.161 e. The Labute approximate surface area is 142 Å². The van der Waals surface area contributed by atoms with Gasteiger partial charge in [0.05, 0.1) is 6.10 Å². The van der Waals surface area contributed by atoms with Gasteiger partial charge in [0.15, 0.2) is 11.5 Å². The smallest absolute Gasteiger partial charge is 0.161 e. The van der Waals surface area contributed by atoms with E-state index in [2.05, 4.69) is 6.92 Å². The molecular formula is C20H27FO3. The van der Waals surface area contributed by atoms with Crippen LogP contribution in [0.4, 0.5) is 4.39 Å². The molecule has 0 aromatic heterocycles. The van der Waals surface area contributed by atoms with Crippen LogP contribution in [0.15, 0.2) is 12.1 Å². The molecule has 0 spiro atoms. The fourth-order valence-electron chi connectivity index (χ4n) is 5.82. The van der Waals surface area contributed by atoms with Gasteiger partial charge in [0, 0.05) is 0 Å². The van der Waals surface area contributed by atoms with E-state index < -0.39 is 6.67 Å². The van der Waals surface area contributed by atoms with Gasteiger partial charge in [0.1, 0.15) is 13.3 Å². The van der Waals surface area contributed by atoms with Gasteiger partial charge in [-0.15, -0.1) is 0 Å². The number of aromatic hydroxyl groups is 1. The second-order valence-electron chi connectivity index (χ2n) is 8.11. The number of phenolic OH excluding ortho intramolecular Hbond substituents is 1. The molecule has 132 valence electrons. The summed E-state index contributed by atoms with van der Waals surface area (Å²) in [5.74, 6) is 2.20. The van der Waals surface area contributed by atoms with Crippen molar-refractivity contribution < 1.29 is 19.3 Å². The van der Waals surface area contributed by atoms with Crippen LogP contribution < -0.4 is 4.74 Å². The number of rotatable bonds is 3. The molecule has 24 heavy (non-hydrogen) atoms. The van der Waals surface area contributed by atoms with E-state index in [-0.39, 0.29) is 23.9 Å². The molecule has 3 nitrogen and oxygen atoms in total. The summed E-state index contributed by atoms with van der Waals surface area (Å²) >= 11 is 0. The van der Waals surface area contributed by atoms with Crippen LogP contribution in [0.2, 0.25) is 0 Å². The first-order valence-corrected chi connectivity index (χ1v) is 9.27. The molecule has 0 radical (unpaired) electrons. The lowest BCUT2D eigenvalue weighted by molar-refractivity contribution is -0.0226. The van der Waals surface area contributed by atoms with Gasteiger partial charge in [-0.05, 0) is 85.0 Å². The predicted octanol–water partition coefficient (Wildman–Crippen LogP) is 3.96. The summed E-state index contributed by atoms with van der Waals surface area (Å²) in [6, 6.07) is 3.77. The van der Waals surface area contributed by atoms with Crippen molar-refractivity contribution >= 4 is 0 Å². The summed E-state index contributed by atoms with van der Waals surface area (Å²) in [6.45, 7) is 1.70. The number of ether oxygens (including phenoxy) is 1. The molecule has 0 bridgehead atoms. The van der Waals surface area contributed by atoms with Gasteiger partial charge in [-0.2, -0.15) is 0 Å². The van der Waals surface area contributed by atoms with Gasteiger partial charge in [0.2, 0.25) is 0 Å². The highest BCUT2D eigenvalue weighted by Gasteiger charge is 2.54. The first kappa shape index (κ1) is 16.2. The lowest BCUT2D eigenvalue weighted by Crippen LogP contribution is -2.43. The molecule has 4 rings (SSSR count). The Balaban J connectivity index is 1.66. The summed E-state index contributed by atoms with van der Waals surface area (Å²) in [6.07, 6.45) is 6.13. The molecule has 3 aliphatic carbocycles. The van der Waals surface area contributed by atoms with E-state index >= 15 is 0 Å². The lowest BCUT2D eigenvalue weighted by Gasteiger charge is -2.50. The molecular weight excluding hydrogens is 306 g/mol. The van der Waals surface area contributed by atoms with Crippen molar-refractivity contribution in [2.45, 2.75) is 57.5 Å². The largest absolute Gasteiger partial charge is 0.504 e. The Kier molecular flexibility index (Phi) is 3.98. The molecule has 2 fully saturated rings. The maximum atomic E-state index is 12.4. The molecule has 5 atom stereocenters. The topological polar surface area (TPSA) is 49.7 Å². The Bertz CT molecular complexity index is 632. The van der Waals surface area contributed by atoms with Gasteiger partial charge < -0.3 is 14.9 Å². The Morgan fingerprint density at radius 3 is 2.88 bits per heavy atom. The molecule has 1 aromatic carbocycles. The van der Waals surface area contributed by atoms with Crippen molar-refractivity contribution in [3.8, 4) is 11.5 Å². The number of alkyl halides is 1. The molecule has 3 unspecified atom stereocenters. The third-order valence-corrected chi connectivity index (χ3v) is 7.09. The van der Waals surface area contributed by atoms with E-state index in [0.29, 0.717) is 23.5 Å². The SMILES string of the molecule is C[C@]12CCC3c4cc(OCC[18F])c(O)cc4CCC3C1CC[C@@H]2O. The van der Waals surface area contributed by atoms with Crippen molar-refractivity contribution in [1.29, 1.82) is 0 Å². The van der Waals surface area contributed by atoms with Crippen LogP contribution in [0.1, 0.15) is 56.1 Å². The van der Waals surface area contributed by atoms with Crippen LogP contribution in [0.3, 0.4) is 0 Å². The number of benzene rings is 1. The van der Waals surface area contributed by atoms with Gasteiger partial charge >= 0.3 is 0 Å². The number of phenols is 1. The van der Waals surface area contributed by atoms with E-state index in [4.69, 9.17) is 4.74 Å². The Morgan fingerprint density at radius 1 is 1.25 bits per heavy atom. The molecule has 4 heteroatoms. The minimum atomic E-state index is -0.555. The number of fused-ring (bicyclic) bond motifs is 5. The zero-order valence-electron chi connectivity index (χ0n) is 14.3. The molecule has 0 heterocycles. The third kappa shape index (κ3) is 2.33. The van der Waals surface area contributed by atoms with Gasteiger partial charge in [0.25, 0.3) is 0 Å². The first-order chi connectivity index (χ1) is 11.5. The second-order valence-corrected chi connectivity index (χ2v) is 8.11. The van der Waals surface area contributed by atoms with Gasteiger partial charge in [-0.3, -0.25) is 0 Å². The molecule has 0 amide bonds. The fraction of sp³-hybridized carbons (Fsp3) is 0.700. The number of aliphatic hydroxyl groups is 1. The molecule has 1 aromatic rings. The lowest BCUT2D eigenvalue weighted by atomic mass is 9.55. The third-order valence-electron chi connectivity index (χ3n) is 7.09. The van der Waals surface area contributed by atoms with E-state index in [1.54, 1.807) is 0 Å². The molecule has 2 N–H and O–H groups in total. The average molecular weight is 333 g/mol. The van der Waals surface area contributed by atoms with Crippen molar-refractivity contribution in [3.05, 3.63) is 23.3 Å². The van der Waals surface area contributed by atoms with Crippen molar-refractivity contribution in [1.82, 2.24) is 0 Å². The predicted molar refractivity (Wildman–Crippen MR) is 90.2 cm³/mol. The second kappa shape index (κ2) is 5.91. The number of hydrogen-bond acceptors (Lipinski definition) is 3.